The van der Waals surface area contributed by atoms with E-state index in [1.165, 1.54) is 73.7 Å². The molecule has 2 saturated carbocycles. The molecular formula is C40H50N4O2+2. The Hall–Kier alpha value is -2.12. The molecule has 240 valence electrons. The van der Waals surface area contributed by atoms with Gasteiger partial charge in [-0.25, -0.2) is 0 Å². The molecule has 3 unspecified atom stereocenters. The topological polar surface area (TPSA) is 24.9 Å². The Morgan fingerprint density at radius 2 is 1.11 bits per heavy atom. The summed E-state index contributed by atoms with van der Waals surface area (Å²) in [6.45, 7) is 7.22. The smallest absolute Gasteiger partial charge is 0.135 e. The average Bonchev–Trinajstić information content (AvgIpc) is 3.66. The Kier molecular flexibility index (Phi) is 4.41. The quantitative estimate of drug-likeness (QED) is 0.400. The number of hydrogen-bond acceptors (Lipinski definition) is 4. The molecule has 0 radical (unpaired) electrons. The van der Waals surface area contributed by atoms with Gasteiger partial charge in [0.25, 0.3) is 0 Å². The Labute approximate surface area is 273 Å². The van der Waals surface area contributed by atoms with Crippen LogP contribution in [0.2, 0.25) is 0 Å². The van der Waals surface area contributed by atoms with Crippen LogP contribution in [0.5, 0.6) is 0 Å². The van der Waals surface area contributed by atoms with E-state index in [1.54, 1.807) is 22.5 Å². The lowest BCUT2D eigenvalue weighted by atomic mass is 9.51. The zero-order valence-electron chi connectivity index (χ0n) is 27.6. The van der Waals surface area contributed by atoms with Gasteiger partial charge in [0.15, 0.2) is 0 Å². The first-order valence-corrected chi connectivity index (χ1v) is 19.2. The van der Waals surface area contributed by atoms with E-state index in [0.717, 1.165) is 36.9 Å². The van der Waals surface area contributed by atoms with Crippen LogP contribution in [-0.2, 0) is 20.3 Å². The summed E-state index contributed by atoms with van der Waals surface area (Å²) in [5.41, 5.74) is 6.81. The maximum Gasteiger partial charge on any atom is 0.135 e. The minimum Gasteiger partial charge on any atom is -0.358 e. The summed E-state index contributed by atoms with van der Waals surface area (Å²) in [5.74, 6) is 3.97. The van der Waals surface area contributed by atoms with Crippen LogP contribution in [-0.4, -0.2) is 99.1 Å². The van der Waals surface area contributed by atoms with E-state index < -0.39 is 0 Å². The second-order valence-corrected chi connectivity index (χ2v) is 18.7. The molecule has 2 aromatic rings. The molecule has 4 bridgehead atoms. The van der Waals surface area contributed by atoms with Crippen LogP contribution in [0.25, 0.3) is 0 Å². The molecule has 7 saturated heterocycles. The fraction of sp³-hybridized carbons (Fsp3) is 0.700. The van der Waals surface area contributed by atoms with E-state index in [4.69, 9.17) is 9.47 Å². The minimum atomic E-state index is 0.151. The van der Waals surface area contributed by atoms with Gasteiger partial charge in [-0.05, 0) is 47.9 Å². The molecule has 9 fully saturated rings. The standard InChI is InChI=1S/C40H50N4O2/c1-43-15-13-39-27-7-3-5-9-29(27)41-35(39)33-25(19-31(39)43)23(21-43)11-17-45-37(33)42-30-10-6-4-8-28(30)40-14-16-44(2)22-24-12-18-46-38(41)34(36(40)42)26(24)20-32(40)44/h3-10,23-26,31-38H,11-22H2,1-2H3/q+2/t23-,24-,25+,26+,31+,32+,33-,34?,35+,36+,37-,38-,39-,40-,43?,44?/m1/s1. The number of quaternary nitrogens is 2. The second-order valence-electron chi connectivity index (χ2n) is 18.7. The van der Waals surface area contributed by atoms with E-state index in [9.17, 15) is 0 Å². The van der Waals surface area contributed by atoms with Gasteiger partial charge in [-0.2, -0.15) is 0 Å². The number of likely N-dealkylation sites (N-methyl/N-ethyl adjacent to an activating group) is 2. The van der Waals surface area contributed by atoms with Crippen LogP contribution in [0.4, 0.5) is 11.4 Å². The molecule has 2 spiro atoms. The van der Waals surface area contributed by atoms with Gasteiger partial charge in [-0.3, -0.25) is 0 Å². The Bertz CT molecular complexity index is 1590. The van der Waals surface area contributed by atoms with Crippen molar-refractivity contribution in [1.29, 1.82) is 0 Å². The maximum absolute atomic E-state index is 7.53. The van der Waals surface area contributed by atoms with Gasteiger partial charge in [-0.15, -0.1) is 0 Å². The number of hydrogen-bond donors (Lipinski definition) is 0. The van der Waals surface area contributed by atoms with Gasteiger partial charge >= 0.3 is 0 Å². The van der Waals surface area contributed by atoms with Gasteiger partial charge in [0.05, 0.1) is 63.2 Å². The number of benzene rings is 2. The van der Waals surface area contributed by atoms with Crippen molar-refractivity contribution in [3.05, 3.63) is 59.7 Å². The molecule has 6 nitrogen and oxygen atoms in total. The number of anilines is 2. The summed E-state index contributed by atoms with van der Waals surface area (Å²) < 4.78 is 17.6. The summed E-state index contributed by atoms with van der Waals surface area (Å²) in [4.78, 5) is 6.08. The molecule has 46 heavy (non-hydrogen) atoms. The van der Waals surface area contributed by atoms with Gasteiger partial charge in [-0.1, -0.05) is 36.4 Å². The molecule has 2 aliphatic carbocycles. The van der Waals surface area contributed by atoms with E-state index in [2.05, 4.69) is 72.4 Å². The van der Waals surface area contributed by atoms with Crippen molar-refractivity contribution >= 4 is 11.4 Å². The molecule has 16 atom stereocenters. The summed E-state index contributed by atoms with van der Waals surface area (Å²) in [5, 5.41) is 0. The normalized spacial score (nSPS) is 56.8. The molecule has 6 heteroatoms. The van der Waals surface area contributed by atoms with Crippen molar-refractivity contribution in [1.82, 2.24) is 0 Å². The van der Waals surface area contributed by atoms with Crippen molar-refractivity contribution in [2.75, 3.05) is 63.3 Å². The highest BCUT2D eigenvalue weighted by Gasteiger charge is 2.80. The van der Waals surface area contributed by atoms with E-state index in [-0.39, 0.29) is 23.3 Å². The van der Waals surface area contributed by atoms with Crippen LogP contribution >= 0.6 is 0 Å². The number of rotatable bonds is 0. The number of ether oxygens (including phenoxy) is 2. The summed E-state index contributed by atoms with van der Waals surface area (Å²) in [6.07, 6.45) is 8.18. The molecular weight excluding hydrogens is 568 g/mol. The van der Waals surface area contributed by atoms with Crippen LogP contribution < -0.4 is 9.80 Å². The summed E-state index contributed by atoms with van der Waals surface area (Å²) in [7, 11) is 5.30. The highest BCUT2D eigenvalue weighted by Crippen LogP contribution is 2.72. The predicted octanol–water partition coefficient (Wildman–Crippen LogP) is 4.72. The first-order valence-electron chi connectivity index (χ1n) is 19.2. The molecule has 11 aliphatic rings. The van der Waals surface area contributed by atoms with Crippen molar-refractivity contribution in [2.45, 2.75) is 86.0 Å². The fourth-order valence-electron chi connectivity index (χ4n) is 16.7. The Morgan fingerprint density at radius 3 is 1.59 bits per heavy atom. The van der Waals surface area contributed by atoms with E-state index in [1.807, 2.05) is 0 Å². The Balaban J connectivity index is 1.14. The van der Waals surface area contributed by atoms with Crippen molar-refractivity contribution in [3.63, 3.8) is 0 Å². The minimum absolute atomic E-state index is 0.151. The third-order valence-corrected chi connectivity index (χ3v) is 17.8. The molecule has 9 heterocycles. The van der Waals surface area contributed by atoms with Gasteiger partial charge in [0.2, 0.25) is 0 Å². The molecule has 0 amide bonds. The highest BCUT2D eigenvalue weighted by molar-refractivity contribution is 5.71. The van der Waals surface area contributed by atoms with E-state index in [0.29, 0.717) is 36.0 Å². The first-order chi connectivity index (χ1) is 22.5. The molecule has 2 aromatic carbocycles. The SMILES string of the molecule is C[N+]12CC[C@@]34c5ccccc5N5[C@@H]6OCC[C@@H]7C[N+]8(C)CC[C@]9%10c%11ccccc%11N([C@@H]%11OCC[C@H](C1)[C@H](C[C@@H]32)C%11[C@H]54)[C@H]9[C@H]6[C@H]7C[C@@H]%108. The van der Waals surface area contributed by atoms with Gasteiger partial charge in [0.1, 0.15) is 24.5 Å². The zero-order chi connectivity index (χ0) is 29.9. The van der Waals surface area contributed by atoms with Crippen molar-refractivity contribution in [2.24, 2.45) is 35.5 Å². The summed E-state index contributed by atoms with van der Waals surface area (Å²) >= 11 is 0. The third-order valence-electron chi connectivity index (χ3n) is 17.8. The summed E-state index contributed by atoms with van der Waals surface area (Å²) in [6, 6.07) is 22.0. The largest absolute Gasteiger partial charge is 0.358 e. The van der Waals surface area contributed by atoms with Crippen LogP contribution in [0.3, 0.4) is 0 Å². The lowest BCUT2D eigenvalue weighted by molar-refractivity contribution is -0.935. The van der Waals surface area contributed by atoms with Gasteiger partial charge in [0, 0.05) is 73.9 Å². The zero-order valence-corrected chi connectivity index (χ0v) is 27.6. The predicted molar refractivity (Wildman–Crippen MR) is 176 cm³/mol. The van der Waals surface area contributed by atoms with E-state index >= 15 is 0 Å². The first kappa shape index (κ1) is 25.8. The molecule has 0 aromatic heterocycles. The maximum atomic E-state index is 7.53. The molecule has 9 aliphatic heterocycles. The second kappa shape index (κ2) is 7.85. The van der Waals surface area contributed by atoms with Crippen molar-refractivity contribution < 1.29 is 18.4 Å². The number of piperidine rings is 2. The lowest BCUT2D eigenvalue weighted by Gasteiger charge is -2.65. The van der Waals surface area contributed by atoms with Gasteiger partial charge < -0.3 is 28.2 Å². The lowest BCUT2D eigenvalue weighted by Crippen LogP contribution is -2.78. The Morgan fingerprint density at radius 1 is 0.652 bits per heavy atom. The number of fused-ring (bicyclic) bond motifs is 6. The average molecular weight is 619 g/mol. The fourth-order valence-corrected chi connectivity index (χ4v) is 16.7. The highest BCUT2D eigenvalue weighted by atomic mass is 16.5. The monoisotopic (exact) mass is 618 g/mol. The number of para-hydroxylation sites is 2. The van der Waals surface area contributed by atoms with Crippen LogP contribution in [0.15, 0.2) is 48.5 Å². The third kappa shape index (κ3) is 2.48. The molecule has 13 rings (SSSR count). The van der Waals surface area contributed by atoms with Crippen molar-refractivity contribution in [3.8, 4) is 0 Å². The van der Waals surface area contributed by atoms with Crippen LogP contribution in [0.1, 0.15) is 49.7 Å². The number of nitrogens with zero attached hydrogens (tertiary/aromatic N) is 4. The van der Waals surface area contributed by atoms with Crippen LogP contribution in [0, 0.1) is 35.5 Å². The molecule has 0 N–H and O–H groups in total.